The number of carbonyl (C=O) groups excluding carboxylic acids is 1. The predicted molar refractivity (Wildman–Crippen MR) is 59.7 cm³/mol. The van der Waals surface area contributed by atoms with Crippen LogP contribution in [0.15, 0.2) is 0 Å². The van der Waals surface area contributed by atoms with Gasteiger partial charge in [0, 0.05) is 5.54 Å². The van der Waals surface area contributed by atoms with Crippen molar-refractivity contribution in [3.63, 3.8) is 0 Å². The third-order valence-electron chi connectivity index (χ3n) is 3.77. The molecule has 0 aromatic rings. The van der Waals surface area contributed by atoms with Crippen LogP contribution in [0, 0.1) is 0 Å². The molecule has 4 nitrogen and oxygen atoms in total. The fourth-order valence-corrected chi connectivity index (χ4v) is 2.35. The van der Waals surface area contributed by atoms with E-state index in [1.54, 1.807) is 0 Å². The van der Waals surface area contributed by atoms with Gasteiger partial charge in [-0.25, -0.2) is 0 Å². The fraction of sp³-hybridized carbons (Fsp3) is 0.917. The number of carboxylic acid groups (broad SMARTS) is 1. The van der Waals surface area contributed by atoms with E-state index in [2.05, 4.69) is 5.32 Å². The number of hydrogen-bond donors (Lipinski definition) is 2. The van der Waals surface area contributed by atoms with Crippen LogP contribution >= 0.6 is 0 Å². The van der Waals surface area contributed by atoms with E-state index < -0.39 is 17.0 Å². The number of carboxylic acids is 1. The van der Waals surface area contributed by atoms with Crippen LogP contribution < -0.4 is 40.0 Å². The van der Waals surface area contributed by atoms with Crippen molar-refractivity contribution in [1.82, 2.24) is 5.32 Å². The van der Waals surface area contributed by atoms with Gasteiger partial charge < -0.3 is 15.0 Å². The molecular weight excluding hydrogens is 229 g/mol. The summed E-state index contributed by atoms with van der Waals surface area (Å²) in [6.45, 7) is 3.74. The van der Waals surface area contributed by atoms with Crippen molar-refractivity contribution < 1.29 is 44.6 Å². The molecule has 0 radical (unpaired) electrons. The standard InChI is InChI=1S/C12H23NO3.Na/c1-3-11(2,9-14)13-12(10(15)16)7-5-4-6-8-12;/h13-14H,3-9H2,1-2H3,(H,15,16);/q;+1/p-1. The molecule has 1 rings (SSSR count). The van der Waals surface area contributed by atoms with Gasteiger partial charge in [0.25, 0.3) is 0 Å². The maximum absolute atomic E-state index is 11.3. The van der Waals surface area contributed by atoms with E-state index >= 15 is 0 Å². The van der Waals surface area contributed by atoms with E-state index in [1.807, 2.05) is 13.8 Å². The Morgan fingerprint density at radius 2 is 1.94 bits per heavy atom. The third kappa shape index (κ3) is 4.21. The van der Waals surface area contributed by atoms with E-state index in [0.29, 0.717) is 19.3 Å². The van der Waals surface area contributed by atoms with Crippen LogP contribution in [-0.2, 0) is 4.79 Å². The molecule has 0 aliphatic heterocycles. The van der Waals surface area contributed by atoms with E-state index in [4.69, 9.17) is 0 Å². The zero-order chi connectivity index (χ0) is 12.2. The smallest absolute Gasteiger partial charge is 0.548 e. The van der Waals surface area contributed by atoms with Crippen LogP contribution in [0.1, 0.15) is 52.4 Å². The number of aliphatic hydroxyl groups is 1. The minimum atomic E-state index is -1.03. The Hall–Kier alpha value is 0.390. The Kier molecular flexibility index (Phi) is 7.26. The van der Waals surface area contributed by atoms with Gasteiger partial charge in [-0.05, 0) is 26.2 Å². The Morgan fingerprint density at radius 3 is 2.29 bits per heavy atom. The molecule has 2 N–H and O–H groups in total. The first-order chi connectivity index (χ1) is 7.48. The number of aliphatic carboxylic acids is 1. The summed E-state index contributed by atoms with van der Waals surface area (Å²) >= 11 is 0. The molecule has 1 atom stereocenters. The second-order valence-corrected chi connectivity index (χ2v) is 5.13. The fourth-order valence-electron chi connectivity index (χ4n) is 2.35. The van der Waals surface area contributed by atoms with Crippen LogP contribution in [0.2, 0.25) is 0 Å². The molecule has 1 fully saturated rings. The minimum Gasteiger partial charge on any atom is -0.548 e. The Labute approximate surface area is 125 Å². The van der Waals surface area contributed by atoms with Crippen molar-refractivity contribution >= 4 is 5.97 Å². The third-order valence-corrected chi connectivity index (χ3v) is 3.77. The molecule has 1 unspecified atom stereocenters. The molecule has 17 heavy (non-hydrogen) atoms. The molecule has 1 aliphatic rings. The van der Waals surface area contributed by atoms with Crippen LogP contribution in [0.4, 0.5) is 0 Å². The van der Waals surface area contributed by atoms with Crippen LogP contribution in [0.25, 0.3) is 0 Å². The van der Waals surface area contributed by atoms with Gasteiger partial charge in [0.2, 0.25) is 0 Å². The van der Waals surface area contributed by atoms with Gasteiger partial charge in [-0.1, -0.05) is 26.2 Å². The molecule has 1 saturated carbocycles. The summed E-state index contributed by atoms with van der Waals surface area (Å²) in [6, 6.07) is 0. The topological polar surface area (TPSA) is 72.4 Å². The first kappa shape index (κ1) is 17.4. The number of carbonyl (C=O) groups is 1. The summed E-state index contributed by atoms with van der Waals surface area (Å²) in [4.78, 5) is 11.3. The molecule has 0 aromatic heterocycles. The van der Waals surface area contributed by atoms with Crippen LogP contribution in [0.3, 0.4) is 0 Å². The zero-order valence-corrected chi connectivity index (χ0v) is 13.2. The first-order valence-electron chi connectivity index (χ1n) is 6.10. The molecule has 1 aliphatic carbocycles. The van der Waals surface area contributed by atoms with Gasteiger partial charge in [-0.15, -0.1) is 0 Å². The zero-order valence-electron chi connectivity index (χ0n) is 11.2. The number of aliphatic hydroxyl groups excluding tert-OH is 1. The molecule has 94 valence electrons. The van der Waals surface area contributed by atoms with E-state index in [1.165, 1.54) is 0 Å². The molecule has 0 bridgehead atoms. The number of rotatable bonds is 5. The van der Waals surface area contributed by atoms with E-state index in [-0.39, 0.29) is 36.2 Å². The first-order valence-corrected chi connectivity index (χ1v) is 6.10. The van der Waals surface area contributed by atoms with Crippen molar-refractivity contribution in [3.05, 3.63) is 0 Å². The number of nitrogens with one attached hydrogen (secondary N) is 1. The predicted octanol–water partition coefficient (Wildman–Crippen LogP) is -2.81. The molecule has 5 heteroatoms. The minimum absolute atomic E-state index is 0. The van der Waals surface area contributed by atoms with Gasteiger partial charge >= 0.3 is 29.6 Å². The van der Waals surface area contributed by atoms with E-state index in [0.717, 1.165) is 19.3 Å². The summed E-state index contributed by atoms with van der Waals surface area (Å²) in [7, 11) is 0. The van der Waals surface area contributed by atoms with Crippen LogP contribution in [-0.4, -0.2) is 28.8 Å². The second kappa shape index (κ2) is 7.10. The Bertz CT molecular complexity index is 248. The monoisotopic (exact) mass is 251 g/mol. The molecular formula is C12H22NNaO3. The normalized spacial score (nSPS) is 22.3. The van der Waals surface area contributed by atoms with Gasteiger partial charge in [-0.2, -0.15) is 0 Å². The summed E-state index contributed by atoms with van der Waals surface area (Å²) in [5.74, 6) is -1.03. The quantitative estimate of drug-likeness (QED) is 0.518. The Balaban J connectivity index is 0.00000256. The van der Waals surface area contributed by atoms with Gasteiger partial charge in [0.1, 0.15) is 0 Å². The van der Waals surface area contributed by atoms with Gasteiger partial charge in [0.05, 0.1) is 18.1 Å². The summed E-state index contributed by atoms with van der Waals surface area (Å²) < 4.78 is 0. The molecule has 0 aromatic carbocycles. The van der Waals surface area contributed by atoms with E-state index in [9.17, 15) is 15.0 Å². The molecule has 0 saturated heterocycles. The Morgan fingerprint density at radius 1 is 1.41 bits per heavy atom. The SMILES string of the molecule is CCC(C)(CO)NC1(C(=O)[O-])CCCCC1.[Na+]. The second-order valence-electron chi connectivity index (χ2n) is 5.13. The van der Waals surface area contributed by atoms with Crippen molar-refractivity contribution in [3.8, 4) is 0 Å². The molecule has 0 heterocycles. The summed E-state index contributed by atoms with van der Waals surface area (Å²) in [5, 5.41) is 23.8. The average molecular weight is 251 g/mol. The van der Waals surface area contributed by atoms with Crippen molar-refractivity contribution in [2.45, 2.75) is 63.5 Å². The summed E-state index contributed by atoms with van der Waals surface area (Å²) in [5.41, 5.74) is -1.47. The average Bonchev–Trinajstić information content (AvgIpc) is 2.30. The van der Waals surface area contributed by atoms with Gasteiger partial charge in [-0.3, -0.25) is 5.32 Å². The largest absolute Gasteiger partial charge is 1.00 e. The number of hydrogen-bond acceptors (Lipinski definition) is 4. The molecule has 0 amide bonds. The van der Waals surface area contributed by atoms with Crippen LogP contribution in [0.5, 0.6) is 0 Å². The van der Waals surface area contributed by atoms with Gasteiger partial charge in [0.15, 0.2) is 0 Å². The maximum Gasteiger partial charge on any atom is 1.00 e. The van der Waals surface area contributed by atoms with Crippen molar-refractivity contribution in [2.75, 3.05) is 6.61 Å². The molecule has 0 spiro atoms. The van der Waals surface area contributed by atoms with Crippen molar-refractivity contribution in [1.29, 1.82) is 0 Å². The summed E-state index contributed by atoms with van der Waals surface area (Å²) in [6.07, 6.45) is 4.80. The maximum atomic E-state index is 11.3. The van der Waals surface area contributed by atoms with Crippen molar-refractivity contribution in [2.24, 2.45) is 0 Å².